The Bertz CT molecular complexity index is 1220. The quantitative estimate of drug-likeness (QED) is 0.413. The normalized spacial score (nSPS) is 11.5. The van der Waals surface area contributed by atoms with Crippen molar-refractivity contribution in [3.05, 3.63) is 95.1 Å². The molecule has 0 saturated carbocycles. The second kappa shape index (κ2) is 10.2. The molecule has 0 aromatic heterocycles. The fourth-order valence-corrected chi connectivity index (χ4v) is 4.74. The Morgan fingerprint density at radius 1 is 0.969 bits per heavy atom. The monoisotopic (exact) mass is 449 g/mol. The van der Waals surface area contributed by atoms with E-state index in [2.05, 4.69) is 10.5 Å². The van der Waals surface area contributed by atoms with Gasteiger partial charge in [0.05, 0.1) is 16.8 Å². The van der Waals surface area contributed by atoms with Crippen molar-refractivity contribution >= 4 is 27.8 Å². The lowest BCUT2D eigenvalue weighted by Crippen LogP contribution is -2.40. The summed E-state index contributed by atoms with van der Waals surface area (Å²) in [6.07, 6.45) is 2.16. The maximum atomic E-state index is 13.5. The Balaban J connectivity index is 1.89. The fourth-order valence-electron chi connectivity index (χ4n) is 3.29. The van der Waals surface area contributed by atoms with E-state index in [0.29, 0.717) is 12.1 Å². The van der Waals surface area contributed by atoms with Crippen LogP contribution in [0, 0.1) is 13.8 Å². The van der Waals surface area contributed by atoms with Crippen molar-refractivity contribution in [3.63, 3.8) is 0 Å². The minimum atomic E-state index is -3.96. The summed E-state index contributed by atoms with van der Waals surface area (Å²) in [5, 5.41) is 3.99. The van der Waals surface area contributed by atoms with E-state index in [-0.39, 0.29) is 4.90 Å². The van der Waals surface area contributed by atoms with E-state index in [1.54, 1.807) is 36.4 Å². The van der Waals surface area contributed by atoms with Gasteiger partial charge in [0.2, 0.25) is 0 Å². The molecule has 1 amide bonds. The zero-order chi connectivity index (χ0) is 23.1. The standard InChI is InChI=1S/C25H27N3O3S/c1-4-22-10-5-6-11-24(22)28(32(30,31)23-14-12-19(2)13-15-23)18-25(29)27-26-17-21-9-7-8-20(3)16-21/h5-17H,4,18H2,1-3H3,(H,27,29)/b26-17-. The van der Waals surface area contributed by atoms with E-state index >= 15 is 0 Å². The lowest BCUT2D eigenvalue weighted by molar-refractivity contribution is -0.119. The van der Waals surface area contributed by atoms with Gasteiger partial charge in [0.15, 0.2) is 0 Å². The summed E-state index contributed by atoms with van der Waals surface area (Å²) in [5.74, 6) is -0.532. The number of anilines is 1. The molecule has 32 heavy (non-hydrogen) atoms. The SMILES string of the molecule is CCc1ccccc1N(CC(=O)N/N=C\c1cccc(C)c1)S(=O)(=O)c1ccc(C)cc1. The molecular formula is C25H27N3O3S. The lowest BCUT2D eigenvalue weighted by atomic mass is 10.1. The third kappa shape index (κ3) is 5.62. The van der Waals surface area contributed by atoms with E-state index in [1.165, 1.54) is 6.21 Å². The number of hydrogen-bond acceptors (Lipinski definition) is 4. The Hall–Kier alpha value is -3.45. The van der Waals surface area contributed by atoms with Crippen LogP contribution >= 0.6 is 0 Å². The molecule has 0 aliphatic heterocycles. The molecule has 0 fully saturated rings. The van der Waals surface area contributed by atoms with Crippen LogP contribution in [0.5, 0.6) is 0 Å². The highest BCUT2D eigenvalue weighted by molar-refractivity contribution is 7.92. The third-order valence-electron chi connectivity index (χ3n) is 4.98. The molecule has 3 rings (SSSR count). The summed E-state index contributed by atoms with van der Waals surface area (Å²) in [5.41, 5.74) is 6.62. The van der Waals surface area contributed by atoms with Crippen LogP contribution in [-0.4, -0.2) is 27.1 Å². The van der Waals surface area contributed by atoms with Gasteiger partial charge in [0, 0.05) is 0 Å². The van der Waals surface area contributed by atoms with E-state index < -0.39 is 22.5 Å². The number of hydrogen-bond donors (Lipinski definition) is 1. The number of nitrogens with zero attached hydrogens (tertiary/aromatic N) is 2. The highest BCUT2D eigenvalue weighted by Crippen LogP contribution is 2.27. The first-order chi connectivity index (χ1) is 15.3. The van der Waals surface area contributed by atoms with Gasteiger partial charge in [0.1, 0.15) is 6.54 Å². The first-order valence-corrected chi connectivity index (χ1v) is 11.8. The van der Waals surface area contributed by atoms with Crippen LogP contribution < -0.4 is 9.73 Å². The third-order valence-corrected chi connectivity index (χ3v) is 6.76. The summed E-state index contributed by atoms with van der Waals surface area (Å²) in [6, 6.07) is 21.5. The van der Waals surface area contributed by atoms with Crippen molar-refractivity contribution < 1.29 is 13.2 Å². The highest BCUT2D eigenvalue weighted by Gasteiger charge is 2.28. The van der Waals surface area contributed by atoms with Gasteiger partial charge in [-0.15, -0.1) is 0 Å². The van der Waals surface area contributed by atoms with Gasteiger partial charge >= 0.3 is 0 Å². The summed E-state index contributed by atoms with van der Waals surface area (Å²) >= 11 is 0. The Kier molecular flexibility index (Phi) is 7.43. The Labute approximate surface area is 189 Å². The fraction of sp³-hybridized carbons (Fsp3) is 0.200. The molecule has 3 aromatic rings. The topological polar surface area (TPSA) is 78.8 Å². The Morgan fingerprint density at radius 3 is 2.38 bits per heavy atom. The molecule has 0 aliphatic rings. The number of hydrazone groups is 1. The van der Waals surface area contributed by atoms with Crippen LogP contribution in [-0.2, 0) is 21.2 Å². The zero-order valence-corrected chi connectivity index (χ0v) is 19.3. The van der Waals surface area contributed by atoms with Crippen LogP contribution in [0.1, 0.15) is 29.2 Å². The van der Waals surface area contributed by atoms with Crippen LogP contribution in [0.4, 0.5) is 5.69 Å². The van der Waals surface area contributed by atoms with Gasteiger partial charge in [-0.1, -0.05) is 72.6 Å². The zero-order valence-electron chi connectivity index (χ0n) is 18.4. The van der Waals surface area contributed by atoms with E-state index in [4.69, 9.17) is 0 Å². The van der Waals surface area contributed by atoms with Crippen LogP contribution in [0.25, 0.3) is 0 Å². The number of amides is 1. The Morgan fingerprint density at radius 2 is 1.69 bits per heavy atom. The predicted octanol–water partition coefficient (Wildman–Crippen LogP) is 4.21. The molecule has 1 N–H and O–H groups in total. The second-order valence-electron chi connectivity index (χ2n) is 7.51. The van der Waals surface area contributed by atoms with Gasteiger partial charge in [-0.2, -0.15) is 5.10 Å². The molecule has 0 heterocycles. The number of carbonyl (C=O) groups excluding carboxylic acids is 1. The van der Waals surface area contributed by atoms with Crippen LogP contribution in [0.15, 0.2) is 82.8 Å². The van der Waals surface area contributed by atoms with Crippen molar-refractivity contribution in [2.24, 2.45) is 5.10 Å². The molecular weight excluding hydrogens is 422 g/mol. The smallest absolute Gasteiger partial charge is 0.264 e. The van der Waals surface area contributed by atoms with Crippen LogP contribution in [0.2, 0.25) is 0 Å². The summed E-state index contributed by atoms with van der Waals surface area (Å²) < 4.78 is 28.1. The maximum absolute atomic E-state index is 13.5. The highest BCUT2D eigenvalue weighted by atomic mass is 32.2. The summed E-state index contributed by atoms with van der Waals surface area (Å²) in [4.78, 5) is 12.8. The molecule has 0 saturated heterocycles. The minimum Gasteiger partial charge on any atom is -0.271 e. The van der Waals surface area contributed by atoms with Gasteiger partial charge in [-0.05, 0) is 49.6 Å². The molecule has 6 nitrogen and oxygen atoms in total. The van der Waals surface area contributed by atoms with Crippen molar-refractivity contribution in [1.29, 1.82) is 0 Å². The van der Waals surface area contributed by atoms with Gasteiger partial charge in [-0.25, -0.2) is 13.8 Å². The molecule has 0 atom stereocenters. The molecule has 0 aliphatic carbocycles. The number of carbonyl (C=O) groups is 1. The number of aryl methyl sites for hydroxylation is 3. The second-order valence-corrected chi connectivity index (χ2v) is 9.38. The van der Waals surface area contributed by atoms with Crippen molar-refractivity contribution in [2.45, 2.75) is 32.1 Å². The van der Waals surface area contributed by atoms with Gasteiger partial charge < -0.3 is 0 Å². The molecule has 3 aromatic carbocycles. The van der Waals surface area contributed by atoms with Crippen LogP contribution in [0.3, 0.4) is 0 Å². The summed E-state index contributed by atoms with van der Waals surface area (Å²) in [7, 11) is -3.96. The average molecular weight is 450 g/mol. The average Bonchev–Trinajstić information content (AvgIpc) is 2.78. The first-order valence-electron chi connectivity index (χ1n) is 10.4. The van der Waals surface area contributed by atoms with Gasteiger partial charge in [-0.3, -0.25) is 9.10 Å². The molecule has 0 radical (unpaired) electrons. The maximum Gasteiger partial charge on any atom is 0.264 e. The number of para-hydroxylation sites is 1. The molecule has 0 spiro atoms. The number of nitrogens with one attached hydrogen (secondary N) is 1. The van der Waals surface area contributed by atoms with Crippen molar-refractivity contribution in [3.8, 4) is 0 Å². The van der Waals surface area contributed by atoms with Gasteiger partial charge in [0.25, 0.3) is 15.9 Å². The molecule has 166 valence electrons. The predicted molar refractivity (Wildman–Crippen MR) is 128 cm³/mol. The van der Waals surface area contributed by atoms with E-state index in [9.17, 15) is 13.2 Å². The van der Waals surface area contributed by atoms with E-state index in [0.717, 1.165) is 26.6 Å². The number of rotatable bonds is 8. The van der Waals surface area contributed by atoms with Crippen molar-refractivity contribution in [1.82, 2.24) is 5.43 Å². The molecule has 7 heteroatoms. The molecule has 0 unspecified atom stereocenters. The summed E-state index contributed by atoms with van der Waals surface area (Å²) in [6.45, 7) is 5.41. The van der Waals surface area contributed by atoms with Crippen molar-refractivity contribution in [2.75, 3.05) is 10.8 Å². The number of sulfonamides is 1. The first kappa shape index (κ1) is 23.2. The largest absolute Gasteiger partial charge is 0.271 e. The minimum absolute atomic E-state index is 0.130. The lowest BCUT2D eigenvalue weighted by Gasteiger charge is -2.25. The number of benzene rings is 3. The van der Waals surface area contributed by atoms with E-state index in [1.807, 2.05) is 57.2 Å². The molecule has 0 bridgehead atoms.